The van der Waals surface area contributed by atoms with Gasteiger partial charge in [-0.25, -0.2) is 9.67 Å². The summed E-state index contributed by atoms with van der Waals surface area (Å²) in [7, 11) is 0. The van der Waals surface area contributed by atoms with Crippen LogP contribution in [0.5, 0.6) is 0 Å². The summed E-state index contributed by atoms with van der Waals surface area (Å²) >= 11 is 0. The molecule has 0 saturated carbocycles. The fourth-order valence-corrected chi connectivity index (χ4v) is 1.74. The minimum Gasteiger partial charge on any atom is -0.379 e. The molecule has 1 aromatic rings. The van der Waals surface area contributed by atoms with Crippen molar-refractivity contribution in [1.29, 1.82) is 0 Å². The van der Waals surface area contributed by atoms with E-state index in [2.05, 4.69) is 22.3 Å². The molecule has 2 heterocycles. The van der Waals surface area contributed by atoms with Crippen LogP contribution in [0.2, 0.25) is 0 Å². The van der Waals surface area contributed by atoms with Gasteiger partial charge in [-0.1, -0.05) is 6.92 Å². The second-order valence-corrected chi connectivity index (χ2v) is 3.79. The third kappa shape index (κ3) is 2.76. The van der Waals surface area contributed by atoms with E-state index >= 15 is 0 Å². The lowest BCUT2D eigenvalue weighted by molar-refractivity contribution is 0.0547. The molecule has 2 rings (SSSR count). The summed E-state index contributed by atoms with van der Waals surface area (Å²) in [6, 6.07) is 0.377. The van der Waals surface area contributed by atoms with E-state index in [0.29, 0.717) is 6.04 Å². The van der Waals surface area contributed by atoms with Gasteiger partial charge in [0.2, 0.25) is 0 Å². The van der Waals surface area contributed by atoms with E-state index in [1.54, 1.807) is 0 Å². The standard InChI is InChI=1S/C10H18N4O/c1-2-11-6-10-12-8-14(13-10)9-4-3-5-15-7-9/h8-9,11H,2-7H2,1H3. The van der Waals surface area contributed by atoms with Gasteiger partial charge < -0.3 is 10.1 Å². The fourth-order valence-electron chi connectivity index (χ4n) is 1.74. The van der Waals surface area contributed by atoms with Crippen LogP contribution >= 0.6 is 0 Å². The topological polar surface area (TPSA) is 52.0 Å². The monoisotopic (exact) mass is 210 g/mol. The molecule has 1 fully saturated rings. The molecule has 0 aliphatic carbocycles. The maximum Gasteiger partial charge on any atom is 0.164 e. The van der Waals surface area contributed by atoms with Crippen molar-refractivity contribution in [2.45, 2.75) is 32.4 Å². The Hall–Kier alpha value is -0.940. The van der Waals surface area contributed by atoms with Crippen molar-refractivity contribution in [3.8, 4) is 0 Å². The number of rotatable bonds is 4. The van der Waals surface area contributed by atoms with E-state index in [1.807, 2.05) is 11.0 Å². The zero-order valence-electron chi connectivity index (χ0n) is 9.15. The quantitative estimate of drug-likeness (QED) is 0.796. The Morgan fingerprint density at radius 1 is 1.67 bits per heavy atom. The average Bonchev–Trinajstić information content (AvgIpc) is 2.76. The smallest absolute Gasteiger partial charge is 0.164 e. The van der Waals surface area contributed by atoms with E-state index in [-0.39, 0.29) is 0 Å². The first kappa shape index (κ1) is 10.6. The summed E-state index contributed by atoms with van der Waals surface area (Å²) in [6.07, 6.45) is 4.07. The molecule has 5 nitrogen and oxygen atoms in total. The molecule has 1 unspecified atom stereocenters. The fraction of sp³-hybridized carbons (Fsp3) is 0.800. The van der Waals surface area contributed by atoms with Gasteiger partial charge in [0, 0.05) is 6.61 Å². The van der Waals surface area contributed by atoms with Crippen molar-refractivity contribution in [1.82, 2.24) is 20.1 Å². The van der Waals surface area contributed by atoms with Gasteiger partial charge in [-0.2, -0.15) is 5.10 Å². The van der Waals surface area contributed by atoms with Gasteiger partial charge in [0.05, 0.1) is 19.2 Å². The van der Waals surface area contributed by atoms with E-state index in [1.165, 1.54) is 0 Å². The summed E-state index contributed by atoms with van der Waals surface area (Å²) in [5.41, 5.74) is 0. The number of hydrogen-bond donors (Lipinski definition) is 1. The van der Waals surface area contributed by atoms with Crippen LogP contribution in [0.25, 0.3) is 0 Å². The Labute approximate surface area is 89.8 Å². The predicted molar refractivity (Wildman–Crippen MR) is 56.5 cm³/mol. The van der Waals surface area contributed by atoms with Crippen LogP contribution in [0.15, 0.2) is 6.33 Å². The van der Waals surface area contributed by atoms with Crippen LogP contribution in [-0.2, 0) is 11.3 Å². The van der Waals surface area contributed by atoms with Crippen molar-refractivity contribution in [2.24, 2.45) is 0 Å². The van der Waals surface area contributed by atoms with E-state index in [0.717, 1.165) is 45.0 Å². The predicted octanol–water partition coefficient (Wildman–Crippen LogP) is 0.739. The molecule has 0 amide bonds. The highest BCUT2D eigenvalue weighted by Gasteiger charge is 2.16. The van der Waals surface area contributed by atoms with E-state index in [9.17, 15) is 0 Å². The van der Waals surface area contributed by atoms with Crippen molar-refractivity contribution in [3.63, 3.8) is 0 Å². The van der Waals surface area contributed by atoms with Crippen LogP contribution < -0.4 is 5.32 Å². The molecule has 1 aliphatic heterocycles. The molecule has 1 saturated heterocycles. The van der Waals surface area contributed by atoms with Gasteiger partial charge in [0.1, 0.15) is 6.33 Å². The number of hydrogen-bond acceptors (Lipinski definition) is 4. The summed E-state index contributed by atoms with van der Waals surface area (Å²) in [4.78, 5) is 4.26. The van der Waals surface area contributed by atoms with Gasteiger partial charge in [-0.3, -0.25) is 0 Å². The van der Waals surface area contributed by atoms with Crippen molar-refractivity contribution in [2.75, 3.05) is 19.8 Å². The Bertz CT molecular complexity index is 293. The second-order valence-electron chi connectivity index (χ2n) is 3.79. The van der Waals surface area contributed by atoms with Crippen LogP contribution in [-0.4, -0.2) is 34.5 Å². The summed E-state index contributed by atoms with van der Waals surface area (Å²) in [6.45, 7) is 5.42. The van der Waals surface area contributed by atoms with Crippen molar-refractivity contribution >= 4 is 0 Å². The Morgan fingerprint density at radius 3 is 3.33 bits per heavy atom. The lowest BCUT2D eigenvalue weighted by Gasteiger charge is -2.21. The maximum atomic E-state index is 5.42. The van der Waals surface area contributed by atoms with Gasteiger partial charge in [-0.15, -0.1) is 0 Å². The molecular weight excluding hydrogens is 192 g/mol. The Morgan fingerprint density at radius 2 is 2.60 bits per heavy atom. The van der Waals surface area contributed by atoms with Crippen LogP contribution in [0.1, 0.15) is 31.6 Å². The van der Waals surface area contributed by atoms with Crippen LogP contribution in [0.3, 0.4) is 0 Å². The van der Waals surface area contributed by atoms with E-state index < -0.39 is 0 Å². The SMILES string of the molecule is CCNCc1ncn(C2CCCOC2)n1. The molecule has 1 atom stereocenters. The summed E-state index contributed by atoms with van der Waals surface area (Å²) in [5.74, 6) is 0.863. The highest BCUT2D eigenvalue weighted by molar-refractivity contribution is 4.83. The molecule has 1 aliphatic rings. The van der Waals surface area contributed by atoms with Crippen LogP contribution in [0, 0.1) is 0 Å². The molecule has 15 heavy (non-hydrogen) atoms. The minimum atomic E-state index is 0.377. The van der Waals surface area contributed by atoms with Gasteiger partial charge >= 0.3 is 0 Å². The molecule has 0 bridgehead atoms. The van der Waals surface area contributed by atoms with Gasteiger partial charge in [0.15, 0.2) is 5.82 Å². The summed E-state index contributed by atoms with van der Waals surface area (Å²) < 4.78 is 7.36. The normalized spacial score (nSPS) is 21.8. The lowest BCUT2D eigenvalue weighted by atomic mass is 10.1. The molecule has 0 spiro atoms. The molecule has 1 aromatic heterocycles. The first-order chi connectivity index (χ1) is 7.40. The largest absolute Gasteiger partial charge is 0.379 e. The zero-order chi connectivity index (χ0) is 10.5. The van der Waals surface area contributed by atoms with Crippen molar-refractivity contribution in [3.05, 3.63) is 12.2 Å². The van der Waals surface area contributed by atoms with Crippen LogP contribution in [0.4, 0.5) is 0 Å². The maximum absolute atomic E-state index is 5.42. The molecule has 5 heteroatoms. The third-order valence-corrected chi connectivity index (χ3v) is 2.60. The zero-order valence-corrected chi connectivity index (χ0v) is 9.15. The molecule has 0 aromatic carbocycles. The molecule has 1 N–H and O–H groups in total. The Balaban J connectivity index is 1.93. The molecular formula is C10H18N4O. The number of nitrogens with zero attached hydrogens (tertiary/aromatic N) is 3. The van der Waals surface area contributed by atoms with Gasteiger partial charge in [-0.05, 0) is 19.4 Å². The first-order valence-corrected chi connectivity index (χ1v) is 5.58. The molecule has 0 radical (unpaired) electrons. The van der Waals surface area contributed by atoms with Gasteiger partial charge in [0.25, 0.3) is 0 Å². The minimum absolute atomic E-state index is 0.377. The first-order valence-electron chi connectivity index (χ1n) is 5.58. The number of aromatic nitrogens is 3. The van der Waals surface area contributed by atoms with E-state index in [4.69, 9.17) is 4.74 Å². The number of nitrogens with one attached hydrogen (secondary N) is 1. The number of ether oxygens (including phenoxy) is 1. The highest BCUT2D eigenvalue weighted by atomic mass is 16.5. The Kier molecular flexibility index (Phi) is 3.69. The average molecular weight is 210 g/mol. The molecule has 84 valence electrons. The van der Waals surface area contributed by atoms with Crippen molar-refractivity contribution < 1.29 is 4.74 Å². The second kappa shape index (κ2) is 5.23. The summed E-state index contributed by atoms with van der Waals surface area (Å²) in [5, 5.41) is 7.65. The third-order valence-electron chi connectivity index (χ3n) is 2.60. The lowest BCUT2D eigenvalue weighted by Crippen LogP contribution is -2.22. The highest BCUT2D eigenvalue weighted by Crippen LogP contribution is 2.17.